The highest BCUT2D eigenvalue weighted by Gasteiger charge is 2.32. The maximum absolute atomic E-state index is 12.5. The number of methoxy groups -OCH3 is 1. The molecule has 7 heteroatoms. The number of halogens is 1. The molecule has 0 radical (unpaired) electrons. The average Bonchev–Trinajstić information content (AvgIpc) is 2.46. The molecule has 110 valence electrons. The van der Waals surface area contributed by atoms with Crippen LogP contribution in [0.2, 0.25) is 0 Å². The number of carbonyl (C=O) groups excluding carboxylic acids is 1. The molecule has 20 heavy (non-hydrogen) atoms. The molecule has 1 aromatic rings. The van der Waals surface area contributed by atoms with E-state index in [9.17, 15) is 13.2 Å². The molecule has 0 aromatic heterocycles. The second kappa shape index (κ2) is 6.24. The Morgan fingerprint density at radius 1 is 1.35 bits per heavy atom. The van der Waals surface area contributed by atoms with Gasteiger partial charge in [0.15, 0.2) is 0 Å². The molecule has 5 nitrogen and oxygen atoms in total. The summed E-state index contributed by atoms with van der Waals surface area (Å²) < 4.78 is 31.8. The van der Waals surface area contributed by atoms with E-state index in [4.69, 9.17) is 4.74 Å². The van der Waals surface area contributed by atoms with Gasteiger partial charge in [-0.1, -0.05) is 22.0 Å². The van der Waals surface area contributed by atoms with Crippen LogP contribution in [0.1, 0.15) is 12.8 Å². The monoisotopic (exact) mass is 361 g/mol. The van der Waals surface area contributed by atoms with Crippen molar-refractivity contribution in [3.8, 4) is 0 Å². The Balaban J connectivity index is 2.11. The van der Waals surface area contributed by atoms with E-state index in [0.29, 0.717) is 25.9 Å². The van der Waals surface area contributed by atoms with Crippen molar-refractivity contribution in [2.45, 2.75) is 17.7 Å². The lowest BCUT2D eigenvalue weighted by molar-refractivity contribution is -0.146. The number of ether oxygens (including phenoxy) is 1. The van der Waals surface area contributed by atoms with Gasteiger partial charge in [0.2, 0.25) is 10.0 Å². The fraction of sp³-hybridized carbons (Fsp3) is 0.462. The second-order valence-corrected chi connectivity index (χ2v) is 7.51. The van der Waals surface area contributed by atoms with Crippen LogP contribution in [0.25, 0.3) is 0 Å². The number of nitrogens with zero attached hydrogens (tertiary/aromatic N) is 1. The molecule has 2 rings (SSSR count). The van der Waals surface area contributed by atoms with Crippen LogP contribution in [0.4, 0.5) is 0 Å². The van der Waals surface area contributed by atoms with Gasteiger partial charge >= 0.3 is 5.97 Å². The lowest BCUT2D eigenvalue weighted by Crippen LogP contribution is -2.40. The van der Waals surface area contributed by atoms with E-state index in [1.165, 1.54) is 11.4 Å². The first-order valence-corrected chi connectivity index (χ1v) is 8.52. The predicted molar refractivity (Wildman–Crippen MR) is 77.6 cm³/mol. The molecule has 1 saturated heterocycles. The molecule has 0 atom stereocenters. The van der Waals surface area contributed by atoms with Crippen molar-refractivity contribution in [3.63, 3.8) is 0 Å². The van der Waals surface area contributed by atoms with Gasteiger partial charge in [-0.2, -0.15) is 4.31 Å². The molecule has 0 spiro atoms. The third kappa shape index (κ3) is 3.21. The Labute approximate surface area is 127 Å². The molecule has 0 saturated carbocycles. The predicted octanol–water partition coefficient (Wildman–Crippen LogP) is 2.02. The minimum Gasteiger partial charge on any atom is -0.469 e. The minimum absolute atomic E-state index is 0.200. The zero-order chi connectivity index (χ0) is 14.8. The summed E-state index contributed by atoms with van der Waals surface area (Å²) in [5.74, 6) is -0.460. The summed E-state index contributed by atoms with van der Waals surface area (Å²) in [6.07, 6.45) is 1.000. The molecule has 1 fully saturated rings. The summed E-state index contributed by atoms with van der Waals surface area (Å²) in [6, 6.07) is 6.63. The second-order valence-electron chi connectivity index (χ2n) is 4.66. The molecular weight excluding hydrogens is 346 g/mol. The van der Waals surface area contributed by atoms with Gasteiger partial charge in [-0.15, -0.1) is 0 Å². The largest absolute Gasteiger partial charge is 0.469 e. The van der Waals surface area contributed by atoms with Gasteiger partial charge < -0.3 is 4.74 Å². The number of hydrogen-bond acceptors (Lipinski definition) is 4. The fourth-order valence-corrected chi connectivity index (χ4v) is 4.34. The molecule has 1 heterocycles. The maximum Gasteiger partial charge on any atom is 0.308 e. The lowest BCUT2D eigenvalue weighted by atomic mass is 9.99. The highest BCUT2D eigenvalue weighted by molar-refractivity contribution is 9.10. The van der Waals surface area contributed by atoms with Crippen molar-refractivity contribution >= 4 is 31.9 Å². The van der Waals surface area contributed by atoms with Gasteiger partial charge in [0.1, 0.15) is 0 Å². The first-order chi connectivity index (χ1) is 9.45. The zero-order valence-electron chi connectivity index (χ0n) is 11.1. The van der Waals surface area contributed by atoms with Crippen molar-refractivity contribution < 1.29 is 17.9 Å². The SMILES string of the molecule is COC(=O)C1CCN(S(=O)(=O)c2cccc(Br)c2)CC1. The number of sulfonamides is 1. The molecule has 1 aliphatic rings. The zero-order valence-corrected chi connectivity index (χ0v) is 13.5. The number of hydrogen-bond donors (Lipinski definition) is 0. The highest BCUT2D eigenvalue weighted by Crippen LogP contribution is 2.25. The Morgan fingerprint density at radius 3 is 2.55 bits per heavy atom. The topological polar surface area (TPSA) is 63.7 Å². The first kappa shape index (κ1) is 15.5. The van der Waals surface area contributed by atoms with Gasteiger partial charge in [0.05, 0.1) is 17.9 Å². The smallest absolute Gasteiger partial charge is 0.308 e. The summed E-state index contributed by atoms with van der Waals surface area (Å²) in [7, 11) is -2.14. The van der Waals surface area contributed by atoms with Gasteiger partial charge in [0.25, 0.3) is 0 Å². The molecule has 0 unspecified atom stereocenters. The summed E-state index contributed by atoms with van der Waals surface area (Å²) in [6.45, 7) is 0.684. The Kier molecular flexibility index (Phi) is 4.82. The first-order valence-electron chi connectivity index (χ1n) is 6.28. The van der Waals surface area contributed by atoms with Crippen LogP contribution in [0.5, 0.6) is 0 Å². The number of piperidine rings is 1. The van der Waals surface area contributed by atoms with E-state index >= 15 is 0 Å². The van der Waals surface area contributed by atoms with Crippen molar-refractivity contribution in [1.82, 2.24) is 4.31 Å². The summed E-state index contributed by atoms with van der Waals surface area (Å²) in [4.78, 5) is 11.7. The van der Waals surface area contributed by atoms with E-state index in [2.05, 4.69) is 15.9 Å². The third-order valence-corrected chi connectivity index (χ3v) is 5.81. The standard InChI is InChI=1S/C13H16BrNO4S/c1-19-13(16)10-5-7-15(8-6-10)20(17,18)12-4-2-3-11(14)9-12/h2-4,9-10H,5-8H2,1H3. The van der Waals surface area contributed by atoms with Crippen molar-refractivity contribution in [2.75, 3.05) is 20.2 Å². The molecular formula is C13H16BrNO4S. The Bertz CT molecular complexity index is 594. The van der Waals surface area contributed by atoms with Crippen molar-refractivity contribution in [1.29, 1.82) is 0 Å². The lowest BCUT2D eigenvalue weighted by Gasteiger charge is -2.29. The van der Waals surface area contributed by atoms with Crippen molar-refractivity contribution in [2.24, 2.45) is 5.92 Å². The minimum atomic E-state index is -3.49. The van der Waals surface area contributed by atoms with Gasteiger partial charge in [0, 0.05) is 17.6 Å². The van der Waals surface area contributed by atoms with Gasteiger partial charge in [-0.3, -0.25) is 4.79 Å². The third-order valence-electron chi connectivity index (χ3n) is 3.42. The van der Waals surface area contributed by atoms with Crippen LogP contribution in [-0.4, -0.2) is 38.9 Å². The Morgan fingerprint density at radius 2 is 2.00 bits per heavy atom. The van der Waals surface area contributed by atoms with Crippen LogP contribution in [0.3, 0.4) is 0 Å². The average molecular weight is 362 g/mol. The summed E-state index contributed by atoms with van der Waals surface area (Å²) >= 11 is 3.27. The fourth-order valence-electron chi connectivity index (χ4n) is 2.28. The van der Waals surface area contributed by atoms with E-state index in [1.54, 1.807) is 24.3 Å². The van der Waals surface area contributed by atoms with Crippen LogP contribution < -0.4 is 0 Å². The van der Waals surface area contributed by atoms with E-state index < -0.39 is 10.0 Å². The molecule has 1 aromatic carbocycles. The van der Waals surface area contributed by atoms with Crippen LogP contribution in [0, 0.1) is 5.92 Å². The maximum atomic E-state index is 12.5. The number of rotatable bonds is 3. The van der Waals surface area contributed by atoms with E-state index in [1.807, 2.05) is 0 Å². The van der Waals surface area contributed by atoms with Gasteiger partial charge in [-0.05, 0) is 31.0 Å². The van der Waals surface area contributed by atoms with Crippen LogP contribution in [-0.2, 0) is 19.6 Å². The number of benzene rings is 1. The number of carbonyl (C=O) groups is 1. The van der Waals surface area contributed by atoms with Crippen molar-refractivity contribution in [3.05, 3.63) is 28.7 Å². The molecule has 0 amide bonds. The van der Waals surface area contributed by atoms with Crippen LogP contribution in [0.15, 0.2) is 33.6 Å². The quantitative estimate of drug-likeness (QED) is 0.772. The van der Waals surface area contributed by atoms with Gasteiger partial charge in [-0.25, -0.2) is 8.42 Å². The van der Waals surface area contributed by atoms with E-state index in [-0.39, 0.29) is 16.8 Å². The summed E-state index contributed by atoms with van der Waals surface area (Å²) in [5.41, 5.74) is 0. The summed E-state index contributed by atoms with van der Waals surface area (Å²) in [5, 5.41) is 0. The highest BCUT2D eigenvalue weighted by atomic mass is 79.9. The Hall–Kier alpha value is -0.920. The molecule has 0 aliphatic carbocycles. The molecule has 1 aliphatic heterocycles. The van der Waals surface area contributed by atoms with E-state index in [0.717, 1.165) is 4.47 Å². The van der Waals surface area contributed by atoms with Crippen LogP contribution >= 0.6 is 15.9 Å². The number of esters is 1. The molecule has 0 N–H and O–H groups in total. The normalized spacial score (nSPS) is 17.9. The molecule has 0 bridgehead atoms.